The van der Waals surface area contributed by atoms with Crippen molar-refractivity contribution in [2.75, 3.05) is 52.5 Å². The molecular weight excluding hydrogens is 865 g/mol. The lowest BCUT2D eigenvalue weighted by atomic mass is 9.96. The number of nitrogens with two attached hydrogens (primary N) is 2. The van der Waals surface area contributed by atoms with Crippen LogP contribution in [-0.4, -0.2) is 180 Å². The lowest BCUT2D eigenvalue weighted by molar-refractivity contribution is -0.148. The first-order valence-electron chi connectivity index (χ1n) is 23.0. The van der Waals surface area contributed by atoms with Crippen LogP contribution in [-0.2, 0) is 43.2 Å². The van der Waals surface area contributed by atoms with Crippen LogP contribution in [0, 0.1) is 11.8 Å². The molecule has 10 amide bonds. The third-order valence-corrected chi connectivity index (χ3v) is 11.9. The molecule has 0 aliphatic carbocycles. The maximum atomic E-state index is 13.5. The average molecular weight is 937 g/mol. The summed E-state index contributed by atoms with van der Waals surface area (Å²) in [5.41, 5.74) is 11.3. The number of ketones is 1. The second-order valence-electron chi connectivity index (χ2n) is 17.5. The van der Waals surface area contributed by atoms with Gasteiger partial charge in [-0.05, 0) is 76.3 Å². The number of hydrogen-bond donors (Lipinski definition) is 12. The minimum Gasteiger partial charge on any atom is -0.394 e. The first-order chi connectivity index (χ1) is 31.4. The number of hydrogen-bond acceptors (Lipinski definition) is 14. The number of Topliss-reactive ketones (excluding diaryl/α,β-unsaturated/α-hetero) is 1. The number of nitrogens with one attached hydrogen (secondary N) is 8. The first-order valence-corrected chi connectivity index (χ1v) is 23.0. The molecule has 0 aromatic heterocycles. The van der Waals surface area contributed by atoms with E-state index in [2.05, 4.69) is 42.5 Å². The van der Waals surface area contributed by atoms with E-state index < -0.39 is 127 Å². The van der Waals surface area contributed by atoms with E-state index in [4.69, 9.17) is 11.5 Å². The molecule has 3 aliphatic heterocycles. The molecule has 3 heterocycles. The second-order valence-corrected chi connectivity index (χ2v) is 17.5. The minimum atomic E-state index is -1.54. The lowest BCUT2D eigenvalue weighted by Crippen LogP contribution is -2.63. The average Bonchev–Trinajstić information content (AvgIpc) is 3.23. The molecule has 0 bridgehead atoms. The number of carbonyl (C=O) groups is 10. The Balaban J connectivity index is 1.88. The molecule has 0 aromatic carbocycles. The van der Waals surface area contributed by atoms with Crippen LogP contribution in [0.1, 0.15) is 91.9 Å². The number of aliphatic hydroxyl groups excluding tert-OH is 2. The molecule has 3 aliphatic rings. The number of amides is 10. The van der Waals surface area contributed by atoms with Gasteiger partial charge in [0.1, 0.15) is 42.3 Å². The number of unbranched alkanes of at least 4 members (excludes halogenated alkanes) is 2. The van der Waals surface area contributed by atoms with Crippen LogP contribution in [0.25, 0.3) is 0 Å². The summed E-state index contributed by atoms with van der Waals surface area (Å²) in [6.45, 7) is 5.54. The number of urea groups is 1. The Labute approximate surface area is 384 Å². The Bertz CT molecular complexity index is 1610. The summed E-state index contributed by atoms with van der Waals surface area (Å²) in [6.07, 6.45) is 2.30. The first kappa shape index (κ1) is 54.9. The van der Waals surface area contributed by atoms with Crippen LogP contribution < -0.4 is 54.0 Å². The summed E-state index contributed by atoms with van der Waals surface area (Å²) in [5.74, 6) is -7.25. The van der Waals surface area contributed by atoms with E-state index in [9.17, 15) is 58.2 Å². The molecule has 14 N–H and O–H groups in total. The van der Waals surface area contributed by atoms with Crippen molar-refractivity contribution in [3.05, 3.63) is 0 Å². The highest BCUT2D eigenvalue weighted by Gasteiger charge is 2.41. The van der Waals surface area contributed by atoms with Crippen LogP contribution >= 0.6 is 0 Å². The summed E-state index contributed by atoms with van der Waals surface area (Å²) < 4.78 is 0. The molecule has 0 unspecified atom stereocenters. The molecule has 3 fully saturated rings. The van der Waals surface area contributed by atoms with Gasteiger partial charge in [0.05, 0.1) is 19.3 Å². The zero-order valence-electron chi connectivity index (χ0n) is 38.5. The van der Waals surface area contributed by atoms with E-state index >= 15 is 0 Å². The van der Waals surface area contributed by atoms with Crippen LogP contribution in [0.2, 0.25) is 0 Å². The number of rotatable bonds is 12. The van der Waals surface area contributed by atoms with Gasteiger partial charge in [-0.1, -0.05) is 27.7 Å². The molecule has 8 atom stereocenters. The molecule has 3 saturated heterocycles. The minimum absolute atomic E-state index is 0.125. The van der Waals surface area contributed by atoms with Crippen molar-refractivity contribution in [1.82, 2.24) is 52.3 Å². The molecule has 24 nitrogen and oxygen atoms in total. The molecule has 0 spiro atoms. The van der Waals surface area contributed by atoms with Crippen molar-refractivity contribution in [1.29, 1.82) is 0 Å². The van der Waals surface area contributed by atoms with E-state index in [1.807, 2.05) is 0 Å². The predicted molar refractivity (Wildman–Crippen MR) is 237 cm³/mol. The molecule has 66 heavy (non-hydrogen) atoms. The smallest absolute Gasteiger partial charge is 0.318 e. The molecule has 372 valence electrons. The molecule has 0 aromatic rings. The predicted octanol–water partition coefficient (Wildman–Crippen LogP) is -4.69. The monoisotopic (exact) mass is 937 g/mol. The third kappa shape index (κ3) is 15.9. The third-order valence-electron chi connectivity index (χ3n) is 11.9. The van der Waals surface area contributed by atoms with E-state index in [0.717, 1.165) is 0 Å². The normalized spacial score (nSPS) is 27.8. The van der Waals surface area contributed by atoms with Crippen molar-refractivity contribution in [2.24, 2.45) is 23.3 Å². The van der Waals surface area contributed by atoms with E-state index in [0.29, 0.717) is 45.2 Å². The van der Waals surface area contributed by atoms with Crippen LogP contribution in [0.3, 0.4) is 0 Å². The van der Waals surface area contributed by atoms with Gasteiger partial charge in [0.15, 0.2) is 5.78 Å². The van der Waals surface area contributed by atoms with Gasteiger partial charge in [-0.2, -0.15) is 0 Å². The van der Waals surface area contributed by atoms with Crippen LogP contribution in [0.5, 0.6) is 0 Å². The van der Waals surface area contributed by atoms with Gasteiger partial charge in [0.25, 0.3) is 0 Å². The fraction of sp³-hybridized carbons (Fsp3) is 0.762. The fourth-order valence-corrected chi connectivity index (χ4v) is 7.60. The number of aliphatic hydroxyl groups is 2. The highest BCUT2D eigenvalue weighted by atomic mass is 16.3. The second kappa shape index (κ2) is 27.2. The Morgan fingerprint density at radius 3 is 1.36 bits per heavy atom. The zero-order valence-corrected chi connectivity index (χ0v) is 38.5. The maximum absolute atomic E-state index is 13.5. The topological polar surface area (TPSA) is 366 Å². The van der Waals surface area contributed by atoms with E-state index in [1.165, 1.54) is 9.80 Å². The quantitative estimate of drug-likeness (QED) is 0.0819. The lowest BCUT2D eigenvalue weighted by Gasteiger charge is -2.40. The van der Waals surface area contributed by atoms with Crippen molar-refractivity contribution in [2.45, 2.75) is 140 Å². The standard InChI is InChI=1S/C42H72N12O12/c1-23(2)33-40(64)49-27(21-55)37(61)47-25(9-5-7-15-43)35(59)45-17-11-31(57)29-13-20-54(29)42(66)52-34(24(3)4)41(65)50-28(22-56)38(62)48-26(10-6-8-16-44)36(60)46-18-12-32(58)53-19-14-30(53)39(63)51-33/h23-30,33-34,55-56H,5-22,43-44H2,1-4H3,(H,45,59)(H,46,60)(H,47,61)(H,48,62)(H,49,64)(H,50,65)(H,51,63)(H,52,66)/t25-,26-,27-,28-,29-,30-,33-,34-/m0/s1. The Morgan fingerprint density at radius 1 is 0.515 bits per heavy atom. The van der Waals surface area contributed by atoms with Crippen molar-refractivity contribution >= 4 is 59.1 Å². The molecule has 24 heteroatoms. The SMILES string of the molecule is CC(C)[C@@H]1NC(=O)[C@@H]2CCN2C(=O)CCNC(=O)[C@H](CCCCN)NC(=O)[C@H](CO)NC(=O)[C@H](C(C)C)NC(=O)N2CC[C@H]2C(=O)CCNC(=O)[C@H](CCCCN)NC(=O)[C@H](CO)NC1=O. The van der Waals surface area contributed by atoms with Gasteiger partial charge < -0.3 is 74.0 Å². The van der Waals surface area contributed by atoms with Crippen LogP contribution in [0.15, 0.2) is 0 Å². The zero-order chi connectivity index (χ0) is 49.1. The van der Waals surface area contributed by atoms with Gasteiger partial charge in [-0.3, -0.25) is 43.2 Å². The van der Waals surface area contributed by atoms with Gasteiger partial charge in [0.2, 0.25) is 47.3 Å². The molecule has 0 radical (unpaired) electrons. The van der Waals surface area contributed by atoms with E-state index in [1.54, 1.807) is 27.7 Å². The van der Waals surface area contributed by atoms with Crippen molar-refractivity contribution in [3.8, 4) is 0 Å². The number of nitrogens with zero attached hydrogens (tertiary/aromatic N) is 2. The summed E-state index contributed by atoms with van der Waals surface area (Å²) in [4.78, 5) is 137. The highest BCUT2D eigenvalue weighted by molar-refractivity contribution is 5.98. The summed E-state index contributed by atoms with van der Waals surface area (Å²) in [7, 11) is 0. The van der Waals surface area contributed by atoms with Gasteiger partial charge in [-0.15, -0.1) is 0 Å². The van der Waals surface area contributed by atoms with Crippen molar-refractivity contribution in [3.63, 3.8) is 0 Å². The fourth-order valence-electron chi connectivity index (χ4n) is 7.60. The molecule has 0 saturated carbocycles. The van der Waals surface area contributed by atoms with Crippen LogP contribution in [0.4, 0.5) is 4.79 Å². The summed E-state index contributed by atoms with van der Waals surface area (Å²) in [6, 6.07) is -10.3. The number of fused-ring (bicyclic) bond motifs is 2. The van der Waals surface area contributed by atoms with Crippen molar-refractivity contribution < 1.29 is 58.2 Å². The largest absolute Gasteiger partial charge is 0.394 e. The summed E-state index contributed by atoms with van der Waals surface area (Å²) in [5, 5.41) is 40.8. The molecular formula is C42H72N12O12. The number of carbonyl (C=O) groups excluding carboxylic acids is 10. The Hall–Kier alpha value is -5.46. The highest BCUT2D eigenvalue weighted by Crippen LogP contribution is 2.21. The Morgan fingerprint density at radius 2 is 0.955 bits per heavy atom. The van der Waals surface area contributed by atoms with Gasteiger partial charge in [0, 0.05) is 39.0 Å². The Kier molecular flexibility index (Phi) is 22.7. The summed E-state index contributed by atoms with van der Waals surface area (Å²) >= 11 is 0. The van der Waals surface area contributed by atoms with Gasteiger partial charge >= 0.3 is 6.03 Å². The maximum Gasteiger partial charge on any atom is 0.318 e. The van der Waals surface area contributed by atoms with Gasteiger partial charge in [-0.25, -0.2) is 4.79 Å². The van der Waals surface area contributed by atoms with E-state index in [-0.39, 0.29) is 64.1 Å². The molecule has 3 rings (SSSR count).